The van der Waals surface area contributed by atoms with Crippen molar-refractivity contribution in [3.63, 3.8) is 0 Å². The number of unbranched alkanes of at least 4 members (excludes halogenated alkanes) is 3. The quantitative estimate of drug-likeness (QED) is 0.401. The van der Waals surface area contributed by atoms with E-state index in [1.54, 1.807) is 0 Å². The fourth-order valence-corrected chi connectivity index (χ4v) is 1.34. The molecule has 0 aromatic carbocycles. The van der Waals surface area contributed by atoms with E-state index in [-0.39, 0.29) is 0 Å². The van der Waals surface area contributed by atoms with Crippen LogP contribution in [0.1, 0.15) is 25.7 Å². The SMILES string of the molecule is [Li][CH2]CCCCCSC. The van der Waals surface area contributed by atoms with E-state index in [9.17, 15) is 0 Å². The molecule has 0 N–H and O–H groups in total. The van der Waals surface area contributed by atoms with Gasteiger partial charge < -0.3 is 0 Å². The Kier molecular flexibility index (Phi) is 9.89. The molecule has 0 aliphatic carbocycles. The fraction of sp³-hybridized carbons (Fsp3) is 1.00. The molecule has 0 rings (SSSR count). The summed E-state index contributed by atoms with van der Waals surface area (Å²) in [5.41, 5.74) is 0. The van der Waals surface area contributed by atoms with E-state index in [1.165, 1.54) is 36.5 Å². The van der Waals surface area contributed by atoms with Crippen molar-refractivity contribution in [1.29, 1.82) is 0 Å². The van der Waals surface area contributed by atoms with Gasteiger partial charge in [-0.1, -0.05) is 0 Å². The number of rotatable bonds is 6. The third-order valence-electron chi connectivity index (χ3n) is 1.45. The molecule has 0 atom stereocenters. The third-order valence-corrected chi connectivity index (χ3v) is 2.15. The number of hydrogen-bond donors (Lipinski definition) is 0. The molecule has 0 unspecified atom stereocenters. The molecule has 0 fully saturated rings. The standard InChI is InChI=1S/C7H15S.Li/c1-3-4-5-6-7-8-2;/h1,3-7H2,2H3;. The van der Waals surface area contributed by atoms with Gasteiger partial charge >= 0.3 is 72.3 Å². The summed E-state index contributed by atoms with van der Waals surface area (Å²) in [6.45, 7) is 0. The topological polar surface area (TPSA) is 0 Å². The second-order valence-corrected chi connectivity index (χ2v) is 3.39. The average molecular weight is 138 g/mol. The van der Waals surface area contributed by atoms with Crippen molar-refractivity contribution in [2.24, 2.45) is 0 Å². The molecule has 0 aromatic rings. The van der Waals surface area contributed by atoms with Crippen LogP contribution < -0.4 is 0 Å². The minimum atomic E-state index is 1.35. The molecule has 0 radical (unpaired) electrons. The normalized spacial score (nSPS) is 10.1. The summed E-state index contributed by atoms with van der Waals surface area (Å²) < 4.78 is 0. The molecule has 0 aliphatic rings. The average Bonchev–Trinajstić information content (AvgIpc) is 1.89. The molecule has 0 heterocycles. The Balaban J connectivity index is 2.60. The maximum atomic E-state index is 2.26. The molecule has 0 bridgehead atoms. The Bertz CT molecular complexity index is 42.2. The van der Waals surface area contributed by atoms with E-state index >= 15 is 0 Å². The van der Waals surface area contributed by atoms with Crippen molar-refractivity contribution in [3.05, 3.63) is 0 Å². The summed E-state index contributed by atoms with van der Waals surface area (Å²) in [5, 5.41) is 1.36. The molecule has 0 saturated carbocycles. The van der Waals surface area contributed by atoms with Gasteiger partial charge in [0.25, 0.3) is 0 Å². The zero-order valence-electron chi connectivity index (χ0n) is 6.65. The molecule has 2 heteroatoms. The van der Waals surface area contributed by atoms with E-state index in [1.807, 2.05) is 11.8 Å². The summed E-state index contributed by atoms with van der Waals surface area (Å²) in [7, 11) is 0. The maximum absolute atomic E-state index is 2.26. The zero-order valence-corrected chi connectivity index (χ0v) is 7.47. The van der Waals surface area contributed by atoms with Gasteiger partial charge in [0.2, 0.25) is 0 Å². The molecule has 0 amide bonds. The predicted octanol–water partition coefficient (Wildman–Crippen LogP) is 2.50. The first-order valence-electron chi connectivity index (χ1n) is 3.90. The Labute approximate surface area is 72.4 Å². The van der Waals surface area contributed by atoms with Gasteiger partial charge in [-0.15, -0.1) is 0 Å². The van der Waals surface area contributed by atoms with E-state index in [0.29, 0.717) is 0 Å². The van der Waals surface area contributed by atoms with Crippen molar-refractivity contribution in [2.75, 3.05) is 12.0 Å². The second-order valence-electron chi connectivity index (χ2n) is 2.41. The molecular weight excluding hydrogens is 123 g/mol. The van der Waals surface area contributed by atoms with Crippen molar-refractivity contribution in [1.82, 2.24) is 0 Å². The van der Waals surface area contributed by atoms with Crippen LogP contribution in [0.25, 0.3) is 0 Å². The van der Waals surface area contributed by atoms with Gasteiger partial charge in [-0.3, -0.25) is 0 Å². The van der Waals surface area contributed by atoms with Crippen LogP contribution in [-0.4, -0.2) is 29.7 Å². The summed E-state index contributed by atoms with van der Waals surface area (Å²) in [6.07, 6.45) is 7.90. The molecule has 0 saturated heterocycles. The van der Waals surface area contributed by atoms with Gasteiger partial charge in [-0.25, -0.2) is 0 Å². The Morgan fingerprint density at radius 3 is 2.33 bits per heavy atom. The van der Waals surface area contributed by atoms with Crippen molar-refractivity contribution in [2.45, 2.75) is 30.8 Å². The second kappa shape index (κ2) is 8.95. The number of hydrogen-bond acceptors (Lipinski definition) is 1. The molecule has 0 nitrogen and oxygen atoms in total. The molecule has 0 aliphatic heterocycles. The minimum absolute atomic E-state index is 1.35. The summed E-state index contributed by atoms with van der Waals surface area (Å²) >= 11 is 4.22. The van der Waals surface area contributed by atoms with Gasteiger partial charge in [0.05, 0.1) is 0 Å². The van der Waals surface area contributed by atoms with Crippen LogP contribution >= 0.6 is 11.8 Å². The van der Waals surface area contributed by atoms with Crippen molar-refractivity contribution in [3.8, 4) is 0 Å². The van der Waals surface area contributed by atoms with Crippen LogP contribution in [-0.2, 0) is 0 Å². The van der Waals surface area contributed by atoms with E-state index in [4.69, 9.17) is 0 Å². The Morgan fingerprint density at radius 1 is 1.11 bits per heavy atom. The monoisotopic (exact) mass is 138 g/mol. The van der Waals surface area contributed by atoms with Crippen LogP contribution in [0.2, 0.25) is 5.09 Å². The first kappa shape index (κ1) is 9.95. The van der Waals surface area contributed by atoms with Crippen molar-refractivity contribution >= 4 is 29.5 Å². The first-order valence-corrected chi connectivity index (χ1v) is 5.30. The van der Waals surface area contributed by atoms with Crippen LogP contribution in [0.15, 0.2) is 0 Å². The van der Waals surface area contributed by atoms with Gasteiger partial charge in [0.1, 0.15) is 0 Å². The fourth-order valence-electron chi connectivity index (χ4n) is 0.850. The summed E-state index contributed by atoms with van der Waals surface area (Å²) in [5.74, 6) is 1.35. The summed E-state index contributed by atoms with van der Waals surface area (Å²) in [4.78, 5) is 0. The summed E-state index contributed by atoms with van der Waals surface area (Å²) in [6, 6.07) is 0. The van der Waals surface area contributed by atoms with E-state index < -0.39 is 0 Å². The molecular formula is C7H15LiS. The van der Waals surface area contributed by atoms with Gasteiger partial charge in [0, 0.05) is 0 Å². The van der Waals surface area contributed by atoms with E-state index in [0.717, 1.165) is 0 Å². The predicted molar refractivity (Wildman–Crippen MR) is 47.4 cm³/mol. The van der Waals surface area contributed by atoms with Crippen LogP contribution in [0.3, 0.4) is 0 Å². The van der Waals surface area contributed by atoms with Crippen LogP contribution in [0.5, 0.6) is 0 Å². The Morgan fingerprint density at radius 2 is 1.78 bits per heavy atom. The van der Waals surface area contributed by atoms with E-state index in [2.05, 4.69) is 24.0 Å². The van der Waals surface area contributed by atoms with Crippen molar-refractivity contribution < 1.29 is 0 Å². The van der Waals surface area contributed by atoms with Crippen LogP contribution in [0, 0.1) is 0 Å². The molecule has 50 valence electrons. The van der Waals surface area contributed by atoms with Gasteiger partial charge in [-0.05, 0) is 0 Å². The number of thioether (sulfide) groups is 1. The Hall–Kier alpha value is 0.947. The molecule has 9 heavy (non-hydrogen) atoms. The molecule has 0 aromatic heterocycles. The third kappa shape index (κ3) is 8.95. The van der Waals surface area contributed by atoms with Crippen LogP contribution in [0.4, 0.5) is 0 Å². The zero-order chi connectivity index (χ0) is 6.95. The van der Waals surface area contributed by atoms with Gasteiger partial charge in [-0.2, -0.15) is 0 Å². The first-order chi connectivity index (χ1) is 4.41. The molecule has 0 spiro atoms. The van der Waals surface area contributed by atoms with Gasteiger partial charge in [0.15, 0.2) is 0 Å².